The van der Waals surface area contributed by atoms with E-state index in [1.165, 1.54) is 16.7 Å². The van der Waals surface area contributed by atoms with E-state index in [4.69, 9.17) is 4.74 Å². The molecule has 2 aliphatic rings. The van der Waals surface area contributed by atoms with E-state index in [-0.39, 0.29) is 17.9 Å². The number of carbonyl (C=O) groups excluding carboxylic acids is 1. The standard InChI is InChI=1S/C22H25NO2/c1-21(2,3)25-20(24)22-13-14-23-19(22)17-12-8-7-11-16(17)18(22)15-9-5-4-6-10-15/h4-12,18-19,23H,13-14H2,1-3H3/t18-,19-,22-/m0/s1. The monoisotopic (exact) mass is 335 g/mol. The van der Waals surface area contributed by atoms with Crippen molar-refractivity contribution in [3.63, 3.8) is 0 Å². The third kappa shape index (κ3) is 2.49. The summed E-state index contributed by atoms with van der Waals surface area (Å²) in [6.45, 7) is 6.66. The molecule has 1 aliphatic heterocycles. The van der Waals surface area contributed by atoms with Crippen molar-refractivity contribution in [3.05, 3.63) is 71.3 Å². The highest BCUT2D eigenvalue weighted by Crippen LogP contribution is 2.61. The molecule has 1 fully saturated rings. The van der Waals surface area contributed by atoms with Gasteiger partial charge in [-0.05, 0) is 50.4 Å². The molecule has 1 saturated heterocycles. The number of fused-ring (bicyclic) bond motifs is 3. The Bertz CT molecular complexity index is 793. The fraction of sp³-hybridized carbons (Fsp3) is 0.409. The number of esters is 1. The Morgan fingerprint density at radius 3 is 2.36 bits per heavy atom. The van der Waals surface area contributed by atoms with Gasteiger partial charge in [-0.25, -0.2) is 0 Å². The van der Waals surface area contributed by atoms with E-state index in [1.54, 1.807) is 0 Å². The maximum absolute atomic E-state index is 13.5. The third-order valence-electron chi connectivity index (χ3n) is 5.45. The zero-order chi connectivity index (χ0) is 17.7. The van der Waals surface area contributed by atoms with E-state index in [1.807, 2.05) is 26.8 Å². The largest absolute Gasteiger partial charge is 0.459 e. The van der Waals surface area contributed by atoms with E-state index in [9.17, 15) is 4.79 Å². The summed E-state index contributed by atoms with van der Waals surface area (Å²) in [5, 5.41) is 3.58. The van der Waals surface area contributed by atoms with Crippen LogP contribution in [0.2, 0.25) is 0 Å². The van der Waals surface area contributed by atoms with Gasteiger partial charge >= 0.3 is 5.97 Å². The molecule has 0 radical (unpaired) electrons. The predicted octanol–water partition coefficient (Wildman–Crippen LogP) is 4.19. The molecule has 0 aromatic heterocycles. The number of carbonyl (C=O) groups is 1. The summed E-state index contributed by atoms with van der Waals surface area (Å²) in [6.07, 6.45) is 0.792. The average Bonchev–Trinajstić information content (AvgIpc) is 3.11. The quantitative estimate of drug-likeness (QED) is 0.836. The maximum atomic E-state index is 13.5. The molecular formula is C22H25NO2. The number of benzene rings is 2. The van der Waals surface area contributed by atoms with Crippen molar-refractivity contribution >= 4 is 5.97 Å². The minimum atomic E-state index is -0.571. The highest BCUT2D eigenvalue weighted by atomic mass is 16.6. The highest BCUT2D eigenvalue weighted by molar-refractivity contribution is 5.83. The molecule has 3 heteroatoms. The van der Waals surface area contributed by atoms with Crippen LogP contribution in [0.25, 0.3) is 0 Å². The Hall–Kier alpha value is -2.13. The van der Waals surface area contributed by atoms with Crippen LogP contribution in [0.1, 0.15) is 55.8 Å². The van der Waals surface area contributed by atoms with Crippen LogP contribution < -0.4 is 5.32 Å². The fourth-order valence-electron chi connectivity index (χ4n) is 4.60. The number of rotatable bonds is 2. The lowest BCUT2D eigenvalue weighted by atomic mass is 9.70. The van der Waals surface area contributed by atoms with E-state index in [2.05, 4.69) is 53.8 Å². The van der Waals surface area contributed by atoms with Crippen molar-refractivity contribution in [1.82, 2.24) is 5.32 Å². The molecular weight excluding hydrogens is 310 g/mol. The van der Waals surface area contributed by atoms with E-state index >= 15 is 0 Å². The molecule has 1 heterocycles. The van der Waals surface area contributed by atoms with E-state index < -0.39 is 11.0 Å². The van der Waals surface area contributed by atoms with Gasteiger partial charge in [0.25, 0.3) is 0 Å². The summed E-state index contributed by atoms with van der Waals surface area (Å²) < 4.78 is 5.93. The van der Waals surface area contributed by atoms with Crippen LogP contribution in [-0.2, 0) is 9.53 Å². The molecule has 0 saturated carbocycles. The van der Waals surface area contributed by atoms with Gasteiger partial charge in [-0.2, -0.15) is 0 Å². The molecule has 130 valence electrons. The van der Waals surface area contributed by atoms with Gasteiger partial charge < -0.3 is 10.1 Å². The summed E-state index contributed by atoms with van der Waals surface area (Å²) in [7, 11) is 0. The van der Waals surface area contributed by atoms with Crippen LogP contribution in [0.5, 0.6) is 0 Å². The summed E-state index contributed by atoms with van der Waals surface area (Å²) in [5.74, 6) is -0.0557. The average molecular weight is 335 g/mol. The molecule has 4 rings (SSSR count). The number of hydrogen-bond donors (Lipinski definition) is 1. The minimum absolute atomic E-state index is 0.0174. The van der Waals surface area contributed by atoms with Gasteiger partial charge in [0.15, 0.2) is 0 Å². The smallest absolute Gasteiger partial charge is 0.315 e. The summed E-state index contributed by atoms with van der Waals surface area (Å²) in [5.41, 5.74) is 2.61. The first-order valence-electron chi connectivity index (χ1n) is 9.04. The van der Waals surface area contributed by atoms with Gasteiger partial charge in [0, 0.05) is 12.0 Å². The lowest BCUT2D eigenvalue weighted by Crippen LogP contribution is -2.42. The van der Waals surface area contributed by atoms with E-state index in [0.717, 1.165) is 13.0 Å². The first-order valence-corrected chi connectivity index (χ1v) is 9.04. The lowest BCUT2D eigenvalue weighted by Gasteiger charge is -2.36. The first kappa shape index (κ1) is 16.3. The summed E-state index contributed by atoms with van der Waals surface area (Å²) in [6, 6.07) is 18.9. The molecule has 3 atom stereocenters. The Labute approximate surface area is 149 Å². The third-order valence-corrected chi connectivity index (χ3v) is 5.45. The highest BCUT2D eigenvalue weighted by Gasteiger charge is 2.62. The number of nitrogens with one attached hydrogen (secondary N) is 1. The predicted molar refractivity (Wildman–Crippen MR) is 98.4 cm³/mol. The van der Waals surface area contributed by atoms with Gasteiger partial charge in [0.1, 0.15) is 5.60 Å². The summed E-state index contributed by atoms with van der Waals surface area (Å²) in [4.78, 5) is 13.5. The summed E-state index contributed by atoms with van der Waals surface area (Å²) >= 11 is 0. The molecule has 0 bridgehead atoms. The molecule has 0 spiro atoms. The van der Waals surface area contributed by atoms with Gasteiger partial charge in [-0.1, -0.05) is 54.6 Å². The molecule has 0 unspecified atom stereocenters. The maximum Gasteiger partial charge on any atom is 0.315 e. The Morgan fingerprint density at radius 1 is 1.04 bits per heavy atom. The Balaban J connectivity index is 1.89. The van der Waals surface area contributed by atoms with Crippen LogP contribution >= 0.6 is 0 Å². The number of hydrogen-bond acceptors (Lipinski definition) is 3. The van der Waals surface area contributed by atoms with Crippen LogP contribution in [0, 0.1) is 5.41 Å². The van der Waals surface area contributed by atoms with Gasteiger partial charge in [-0.3, -0.25) is 4.79 Å². The zero-order valence-corrected chi connectivity index (χ0v) is 15.1. The molecule has 1 aliphatic carbocycles. The zero-order valence-electron chi connectivity index (χ0n) is 15.1. The molecule has 3 nitrogen and oxygen atoms in total. The SMILES string of the molecule is CC(C)(C)OC(=O)[C@]12CCN[C@H]1c1ccccc1[C@@H]2c1ccccc1. The number of ether oxygens (including phenoxy) is 1. The van der Waals surface area contributed by atoms with Gasteiger partial charge in [-0.15, -0.1) is 0 Å². The molecule has 25 heavy (non-hydrogen) atoms. The second-order valence-corrected chi connectivity index (χ2v) is 8.15. The van der Waals surface area contributed by atoms with Crippen molar-refractivity contribution in [2.24, 2.45) is 5.41 Å². The fourth-order valence-corrected chi connectivity index (χ4v) is 4.60. The van der Waals surface area contributed by atoms with Crippen molar-refractivity contribution in [1.29, 1.82) is 0 Å². The van der Waals surface area contributed by atoms with E-state index in [0.29, 0.717) is 0 Å². The van der Waals surface area contributed by atoms with Crippen molar-refractivity contribution in [2.75, 3.05) is 6.54 Å². The van der Waals surface area contributed by atoms with Crippen molar-refractivity contribution in [3.8, 4) is 0 Å². The lowest BCUT2D eigenvalue weighted by molar-refractivity contribution is -0.168. The van der Waals surface area contributed by atoms with Gasteiger partial charge in [0.05, 0.1) is 5.41 Å². The molecule has 0 amide bonds. The minimum Gasteiger partial charge on any atom is -0.459 e. The van der Waals surface area contributed by atoms with Crippen LogP contribution in [0.4, 0.5) is 0 Å². The topological polar surface area (TPSA) is 38.3 Å². The van der Waals surface area contributed by atoms with Gasteiger partial charge in [0.2, 0.25) is 0 Å². The second-order valence-electron chi connectivity index (χ2n) is 8.15. The van der Waals surface area contributed by atoms with Crippen molar-refractivity contribution in [2.45, 2.75) is 44.8 Å². The Morgan fingerprint density at radius 2 is 1.68 bits per heavy atom. The van der Waals surface area contributed by atoms with Crippen LogP contribution in [0.15, 0.2) is 54.6 Å². The molecule has 2 aromatic carbocycles. The second kappa shape index (κ2) is 5.70. The van der Waals surface area contributed by atoms with Crippen molar-refractivity contribution < 1.29 is 9.53 Å². The first-order chi connectivity index (χ1) is 11.9. The van der Waals surface area contributed by atoms with Crippen LogP contribution in [-0.4, -0.2) is 18.1 Å². The van der Waals surface area contributed by atoms with Crippen LogP contribution in [0.3, 0.4) is 0 Å². The molecule has 2 aromatic rings. The normalized spacial score (nSPS) is 27.6. The Kier molecular flexibility index (Phi) is 3.73. The molecule has 1 N–H and O–H groups in total.